The summed E-state index contributed by atoms with van der Waals surface area (Å²) < 4.78 is 29.3. The molecule has 0 heterocycles. The van der Waals surface area contributed by atoms with E-state index in [-0.39, 0.29) is 0 Å². The molecule has 0 N–H and O–H groups in total. The van der Waals surface area contributed by atoms with Crippen molar-refractivity contribution in [3.05, 3.63) is 0 Å². The van der Waals surface area contributed by atoms with E-state index in [0.717, 1.165) is 6.54 Å². The minimum atomic E-state index is -2.39. The van der Waals surface area contributed by atoms with Crippen LogP contribution in [0.5, 0.6) is 0 Å². The average Bonchev–Trinajstić information content (AvgIpc) is 2.03. The van der Waals surface area contributed by atoms with Gasteiger partial charge in [0.2, 0.25) is 0 Å². The van der Waals surface area contributed by atoms with Crippen molar-refractivity contribution in [2.45, 2.75) is 26.4 Å². The van der Waals surface area contributed by atoms with Crippen LogP contribution in [0.1, 0.15) is 13.8 Å². The third kappa shape index (κ3) is 4.62. The van der Waals surface area contributed by atoms with Crippen LogP contribution in [0.15, 0.2) is 0 Å². The standard InChI is InChI=1S/C8H17F2NO/c1-4-11(3)6-7(8(9)10)12-5-2/h7-8H,4-6H2,1-3H3/t7-/m1/s1. The van der Waals surface area contributed by atoms with E-state index in [9.17, 15) is 8.78 Å². The molecule has 0 spiro atoms. The van der Waals surface area contributed by atoms with Gasteiger partial charge in [0.1, 0.15) is 6.10 Å². The van der Waals surface area contributed by atoms with Crippen LogP contribution in [0.25, 0.3) is 0 Å². The summed E-state index contributed by atoms with van der Waals surface area (Å²) >= 11 is 0. The van der Waals surface area contributed by atoms with Gasteiger partial charge in [-0.15, -0.1) is 0 Å². The molecule has 2 nitrogen and oxygen atoms in total. The highest BCUT2D eigenvalue weighted by Crippen LogP contribution is 2.06. The molecule has 12 heavy (non-hydrogen) atoms. The summed E-state index contributed by atoms with van der Waals surface area (Å²) in [5, 5.41) is 0. The van der Waals surface area contributed by atoms with Crippen LogP contribution in [0.2, 0.25) is 0 Å². The zero-order valence-electron chi connectivity index (χ0n) is 7.89. The van der Waals surface area contributed by atoms with E-state index in [0.29, 0.717) is 13.2 Å². The highest BCUT2D eigenvalue weighted by molar-refractivity contribution is 4.64. The SMILES string of the molecule is CCO[C@H](CN(C)CC)C(F)F. The monoisotopic (exact) mass is 181 g/mol. The zero-order chi connectivity index (χ0) is 9.56. The molecule has 0 aromatic carbocycles. The second-order valence-corrected chi connectivity index (χ2v) is 2.68. The molecule has 0 aliphatic rings. The van der Waals surface area contributed by atoms with E-state index in [4.69, 9.17) is 4.74 Å². The van der Waals surface area contributed by atoms with Gasteiger partial charge >= 0.3 is 0 Å². The van der Waals surface area contributed by atoms with Crippen molar-refractivity contribution in [2.24, 2.45) is 0 Å². The number of alkyl halides is 2. The number of hydrogen-bond acceptors (Lipinski definition) is 2. The first-order chi connectivity index (χ1) is 5.61. The Morgan fingerprint density at radius 2 is 1.92 bits per heavy atom. The van der Waals surface area contributed by atoms with Gasteiger partial charge in [0.25, 0.3) is 6.43 Å². The Morgan fingerprint density at radius 3 is 2.25 bits per heavy atom. The second-order valence-electron chi connectivity index (χ2n) is 2.68. The normalized spacial score (nSPS) is 14.2. The van der Waals surface area contributed by atoms with E-state index in [1.807, 2.05) is 11.8 Å². The van der Waals surface area contributed by atoms with Gasteiger partial charge in [-0.1, -0.05) is 6.92 Å². The molecule has 0 unspecified atom stereocenters. The molecule has 0 saturated heterocycles. The molecular weight excluding hydrogens is 164 g/mol. The van der Waals surface area contributed by atoms with Crippen molar-refractivity contribution in [1.82, 2.24) is 4.90 Å². The van der Waals surface area contributed by atoms with E-state index in [1.165, 1.54) is 0 Å². The van der Waals surface area contributed by atoms with Crippen molar-refractivity contribution in [2.75, 3.05) is 26.7 Å². The van der Waals surface area contributed by atoms with Gasteiger partial charge in [0, 0.05) is 13.2 Å². The molecule has 4 heteroatoms. The summed E-state index contributed by atoms with van der Waals surface area (Å²) in [7, 11) is 1.80. The van der Waals surface area contributed by atoms with Crippen molar-refractivity contribution in [3.63, 3.8) is 0 Å². The van der Waals surface area contributed by atoms with Crippen LogP contribution in [0.4, 0.5) is 8.78 Å². The second kappa shape index (κ2) is 6.31. The number of halogens is 2. The van der Waals surface area contributed by atoms with E-state index >= 15 is 0 Å². The molecule has 0 fully saturated rings. The first-order valence-electron chi connectivity index (χ1n) is 4.20. The molecule has 1 atom stereocenters. The van der Waals surface area contributed by atoms with Crippen LogP contribution in [-0.4, -0.2) is 44.2 Å². The Balaban J connectivity index is 3.77. The lowest BCUT2D eigenvalue weighted by Crippen LogP contribution is -2.35. The van der Waals surface area contributed by atoms with Crippen LogP contribution >= 0.6 is 0 Å². The van der Waals surface area contributed by atoms with Crippen molar-refractivity contribution in [1.29, 1.82) is 0 Å². The van der Waals surface area contributed by atoms with Gasteiger partial charge in [-0.05, 0) is 20.5 Å². The Morgan fingerprint density at radius 1 is 1.33 bits per heavy atom. The molecule has 0 aliphatic carbocycles. The summed E-state index contributed by atoms with van der Waals surface area (Å²) in [5.41, 5.74) is 0. The fraction of sp³-hybridized carbons (Fsp3) is 1.00. The van der Waals surface area contributed by atoms with Gasteiger partial charge in [-0.25, -0.2) is 8.78 Å². The van der Waals surface area contributed by atoms with Crippen molar-refractivity contribution >= 4 is 0 Å². The van der Waals surface area contributed by atoms with E-state index in [2.05, 4.69) is 0 Å². The van der Waals surface area contributed by atoms with Gasteiger partial charge in [0.05, 0.1) is 0 Å². The lowest BCUT2D eigenvalue weighted by Gasteiger charge is -2.21. The maximum absolute atomic E-state index is 12.2. The molecule has 0 radical (unpaired) electrons. The lowest BCUT2D eigenvalue weighted by atomic mass is 10.3. The van der Waals surface area contributed by atoms with Crippen LogP contribution < -0.4 is 0 Å². The minimum Gasteiger partial charge on any atom is -0.371 e. The molecule has 0 aromatic heterocycles. The third-order valence-electron chi connectivity index (χ3n) is 1.69. The lowest BCUT2D eigenvalue weighted by molar-refractivity contribution is -0.0625. The highest BCUT2D eigenvalue weighted by atomic mass is 19.3. The Bertz CT molecular complexity index is 111. The molecule has 74 valence electrons. The predicted molar refractivity (Wildman–Crippen MR) is 44.6 cm³/mol. The summed E-state index contributed by atoms with van der Waals surface area (Å²) in [4.78, 5) is 1.81. The first-order valence-corrected chi connectivity index (χ1v) is 4.20. The van der Waals surface area contributed by atoms with Gasteiger partial charge in [0.15, 0.2) is 0 Å². The Kier molecular flexibility index (Phi) is 6.20. The molecule has 0 aliphatic heterocycles. The zero-order valence-corrected chi connectivity index (χ0v) is 7.89. The molecule has 0 bridgehead atoms. The quantitative estimate of drug-likeness (QED) is 0.617. The maximum atomic E-state index is 12.2. The average molecular weight is 181 g/mol. The first kappa shape index (κ1) is 11.8. The molecular formula is C8H17F2NO. The van der Waals surface area contributed by atoms with Crippen molar-refractivity contribution < 1.29 is 13.5 Å². The third-order valence-corrected chi connectivity index (χ3v) is 1.69. The number of hydrogen-bond donors (Lipinski definition) is 0. The highest BCUT2D eigenvalue weighted by Gasteiger charge is 2.21. The molecule has 0 saturated carbocycles. The largest absolute Gasteiger partial charge is 0.371 e. The van der Waals surface area contributed by atoms with E-state index < -0.39 is 12.5 Å². The molecule has 0 amide bonds. The Hall–Kier alpha value is -0.220. The molecule has 0 rings (SSSR count). The number of ether oxygens (including phenoxy) is 1. The maximum Gasteiger partial charge on any atom is 0.265 e. The topological polar surface area (TPSA) is 12.5 Å². The van der Waals surface area contributed by atoms with Gasteiger partial charge in [-0.3, -0.25) is 0 Å². The van der Waals surface area contributed by atoms with Gasteiger partial charge in [-0.2, -0.15) is 0 Å². The van der Waals surface area contributed by atoms with Crippen LogP contribution in [-0.2, 0) is 4.74 Å². The van der Waals surface area contributed by atoms with Crippen molar-refractivity contribution in [3.8, 4) is 0 Å². The molecule has 0 aromatic rings. The summed E-state index contributed by atoms with van der Waals surface area (Å²) in [6, 6.07) is 0. The van der Waals surface area contributed by atoms with Gasteiger partial charge < -0.3 is 9.64 Å². The predicted octanol–water partition coefficient (Wildman–Crippen LogP) is 1.61. The minimum absolute atomic E-state index is 0.294. The summed E-state index contributed by atoms with van der Waals surface area (Å²) in [6.45, 7) is 5.04. The number of nitrogens with zero attached hydrogens (tertiary/aromatic N) is 1. The smallest absolute Gasteiger partial charge is 0.265 e. The summed E-state index contributed by atoms with van der Waals surface area (Å²) in [6.07, 6.45) is -3.33. The number of rotatable bonds is 6. The number of likely N-dealkylation sites (N-methyl/N-ethyl adjacent to an activating group) is 1. The van der Waals surface area contributed by atoms with Crippen LogP contribution in [0.3, 0.4) is 0 Å². The van der Waals surface area contributed by atoms with Crippen LogP contribution in [0, 0.1) is 0 Å². The van der Waals surface area contributed by atoms with E-state index in [1.54, 1.807) is 14.0 Å². The fourth-order valence-corrected chi connectivity index (χ4v) is 0.855. The summed E-state index contributed by atoms with van der Waals surface area (Å²) in [5.74, 6) is 0. The Labute approximate surface area is 72.5 Å². The fourth-order valence-electron chi connectivity index (χ4n) is 0.855.